The van der Waals surface area contributed by atoms with Gasteiger partial charge in [0.2, 0.25) is 5.91 Å². The fourth-order valence-electron chi connectivity index (χ4n) is 2.63. The lowest BCUT2D eigenvalue weighted by Gasteiger charge is -2.21. The number of thioether (sulfide) groups is 1. The van der Waals surface area contributed by atoms with Crippen LogP contribution in [0.4, 0.5) is 0 Å². The van der Waals surface area contributed by atoms with Gasteiger partial charge >= 0.3 is 0 Å². The minimum atomic E-state index is 0.00948. The number of ether oxygens (including phenoxy) is 3. The van der Waals surface area contributed by atoms with E-state index in [9.17, 15) is 9.59 Å². The molecule has 23 heavy (non-hydrogen) atoms. The second kappa shape index (κ2) is 7.59. The van der Waals surface area contributed by atoms with Crippen molar-refractivity contribution in [1.82, 2.24) is 4.90 Å². The molecule has 0 N–H and O–H groups in total. The number of methoxy groups -OCH3 is 3. The predicted molar refractivity (Wildman–Crippen MR) is 88.2 cm³/mol. The Hall–Kier alpha value is -1.89. The first kappa shape index (κ1) is 17.5. The van der Waals surface area contributed by atoms with Crippen LogP contribution in [0, 0.1) is 0 Å². The molecule has 1 aromatic carbocycles. The van der Waals surface area contributed by atoms with Crippen LogP contribution in [-0.4, -0.2) is 49.0 Å². The molecule has 0 spiro atoms. The van der Waals surface area contributed by atoms with Gasteiger partial charge in [-0.15, -0.1) is 0 Å². The van der Waals surface area contributed by atoms with Crippen molar-refractivity contribution >= 4 is 22.8 Å². The van der Waals surface area contributed by atoms with Crippen LogP contribution < -0.4 is 14.2 Å². The van der Waals surface area contributed by atoms with Crippen LogP contribution in [0.3, 0.4) is 0 Å². The standard InChI is InChI=1S/C16H21NO5S/c1-10(18)23-12-7-16(19)17(8-12)9-13-14(21-3)5-11(20-2)6-15(13)22-4/h5-6,12H,7-9H2,1-4H3. The Morgan fingerprint density at radius 2 is 1.83 bits per heavy atom. The summed E-state index contributed by atoms with van der Waals surface area (Å²) < 4.78 is 16.0. The zero-order valence-corrected chi connectivity index (χ0v) is 14.6. The maximum absolute atomic E-state index is 12.2. The first-order valence-corrected chi connectivity index (χ1v) is 8.10. The van der Waals surface area contributed by atoms with Crippen molar-refractivity contribution in [2.24, 2.45) is 0 Å². The second-order valence-corrected chi connectivity index (χ2v) is 6.70. The summed E-state index contributed by atoms with van der Waals surface area (Å²) in [6.07, 6.45) is 0.380. The van der Waals surface area contributed by atoms with E-state index in [1.54, 1.807) is 38.4 Å². The number of likely N-dealkylation sites (tertiary alicyclic amines) is 1. The molecule has 0 aliphatic carbocycles. The van der Waals surface area contributed by atoms with Crippen LogP contribution in [0.5, 0.6) is 17.2 Å². The van der Waals surface area contributed by atoms with E-state index in [-0.39, 0.29) is 16.3 Å². The van der Waals surface area contributed by atoms with E-state index in [0.29, 0.717) is 36.8 Å². The van der Waals surface area contributed by atoms with Gasteiger partial charge in [-0.1, -0.05) is 11.8 Å². The molecule has 1 unspecified atom stereocenters. The number of hydrogen-bond donors (Lipinski definition) is 0. The smallest absolute Gasteiger partial charge is 0.224 e. The molecule has 1 aliphatic heterocycles. The van der Waals surface area contributed by atoms with E-state index in [0.717, 1.165) is 5.56 Å². The first-order valence-electron chi connectivity index (χ1n) is 7.22. The van der Waals surface area contributed by atoms with Gasteiger partial charge in [0, 0.05) is 37.3 Å². The van der Waals surface area contributed by atoms with Crippen LogP contribution in [-0.2, 0) is 16.1 Å². The van der Waals surface area contributed by atoms with Gasteiger partial charge in [-0.2, -0.15) is 0 Å². The molecule has 1 heterocycles. The molecule has 0 aromatic heterocycles. The van der Waals surface area contributed by atoms with E-state index in [1.807, 2.05) is 0 Å². The Morgan fingerprint density at radius 3 is 2.30 bits per heavy atom. The van der Waals surface area contributed by atoms with Crippen molar-refractivity contribution < 1.29 is 23.8 Å². The molecular formula is C16H21NO5S. The molecule has 0 bridgehead atoms. The van der Waals surface area contributed by atoms with Crippen molar-refractivity contribution in [3.8, 4) is 17.2 Å². The molecule has 6 nitrogen and oxygen atoms in total. The predicted octanol–water partition coefficient (Wildman–Crippen LogP) is 2.09. The lowest BCUT2D eigenvalue weighted by Crippen LogP contribution is -2.25. The lowest BCUT2D eigenvalue weighted by molar-refractivity contribution is -0.128. The zero-order chi connectivity index (χ0) is 17.0. The number of carbonyl (C=O) groups is 2. The third kappa shape index (κ3) is 4.10. The van der Waals surface area contributed by atoms with Gasteiger partial charge in [0.25, 0.3) is 0 Å². The Bertz CT molecular complexity index is 579. The van der Waals surface area contributed by atoms with Gasteiger partial charge in [0.15, 0.2) is 5.12 Å². The van der Waals surface area contributed by atoms with E-state index in [1.165, 1.54) is 18.7 Å². The van der Waals surface area contributed by atoms with Crippen LogP contribution in [0.15, 0.2) is 12.1 Å². The average molecular weight is 339 g/mol. The number of benzene rings is 1. The van der Waals surface area contributed by atoms with Crippen LogP contribution >= 0.6 is 11.8 Å². The van der Waals surface area contributed by atoms with Crippen molar-refractivity contribution in [3.05, 3.63) is 17.7 Å². The van der Waals surface area contributed by atoms with Crippen LogP contribution in [0.25, 0.3) is 0 Å². The van der Waals surface area contributed by atoms with Gasteiger partial charge in [-0.3, -0.25) is 9.59 Å². The highest BCUT2D eigenvalue weighted by atomic mass is 32.2. The Morgan fingerprint density at radius 1 is 1.22 bits per heavy atom. The largest absolute Gasteiger partial charge is 0.496 e. The van der Waals surface area contributed by atoms with Crippen LogP contribution in [0.1, 0.15) is 18.9 Å². The molecule has 0 saturated carbocycles. The molecule has 7 heteroatoms. The third-order valence-electron chi connectivity index (χ3n) is 3.68. The minimum Gasteiger partial charge on any atom is -0.496 e. The summed E-state index contributed by atoms with van der Waals surface area (Å²) in [4.78, 5) is 25.1. The summed E-state index contributed by atoms with van der Waals surface area (Å²) in [5, 5.41) is 0.0412. The van der Waals surface area contributed by atoms with E-state index >= 15 is 0 Å². The average Bonchev–Trinajstić information content (AvgIpc) is 2.85. The summed E-state index contributed by atoms with van der Waals surface area (Å²) in [6.45, 7) is 2.44. The maximum atomic E-state index is 12.2. The Labute approximate surface area is 140 Å². The molecule has 2 rings (SSSR count). The Kier molecular flexibility index (Phi) is 5.76. The monoisotopic (exact) mass is 339 g/mol. The zero-order valence-electron chi connectivity index (χ0n) is 13.8. The topological polar surface area (TPSA) is 65.1 Å². The van der Waals surface area contributed by atoms with Gasteiger partial charge in [-0.25, -0.2) is 0 Å². The molecule has 1 aromatic rings. The maximum Gasteiger partial charge on any atom is 0.224 e. The highest BCUT2D eigenvalue weighted by Gasteiger charge is 2.32. The summed E-state index contributed by atoms with van der Waals surface area (Å²) in [5.74, 6) is 1.87. The Balaban J connectivity index is 2.22. The molecule has 1 atom stereocenters. The first-order chi connectivity index (χ1) is 11.0. The SMILES string of the molecule is COc1cc(OC)c(CN2CC(SC(C)=O)CC2=O)c(OC)c1. The van der Waals surface area contributed by atoms with Crippen molar-refractivity contribution in [2.45, 2.75) is 25.1 Å². The van der Waals surface area contributed by atoms with Gasteiger partial charge in [-0.05, 0) is 0 Å². The molecular weight excluding hydrogens is 318 g/mol. The molecule has 1 aliphatic rings. The van der Waals surface area contributed by atoms with Crippen LogP contribution in [0.2, 0.25) is 0 Å². The number of hydrogen-bond acceptors (Lipinski definition) is 6. The molecule has 126 valence electrons. The van der Waals surface area contributed by atoms with E-state index in [4.69, 9.17) is 14.2 Å². The lowest BCUT2D eigenvalue weighted by atomic mass is 10.1. The third-order valence-corrected chi connectivity index (χ3v) is 4.66. The quantitative estimate of drug-likeness (QED) is 0.791. The van der Waals surface area contributed by atoms with Gasteiger partial charge in [0.05, 0.1) is 33.4 Å². The summed E-state index contributed by atoms with van der Waals surface area (Å²) in [7, 11) is 4.71. The minimum absolute atomic E-state index is 0.00948. The van der Waals surface area contributed by atoms with Gasteiger partial charge in [0.1, 0.15) is 17.2 Å². The molecule has 1 amide bonds. The second-order valence-electron chi connectivity index (χ2n) is 5.22. The van der Waals surface area contributed by atoms with Gasteiger partial charge < -0.3 is 19.1 Å². The summed E-state index contributed by atoms with van der Waals surface area (Å²) in [6, 6.07) is 3.53. The van der Waals surface area contributed by atoms with Crippen molar-refractivity contribution in [3.63, 3.8) is 0 Å². The van der Waals surface area contributed by atoms with E-state index in [2.05, 4.69) is 0 Å². The molecule has 1 fully saturated rings. The number of carbonyl (C=O) groups excluding carboxylic acids is 2. The normalized spacial score (nSPS) is 17.3. The number of nitrogens with zero attached hydrogens (tertiary/aromatic N) is 1. The molecule has 0 radical (unpaired) electrons. The summed E-state index contributed by atoms with van der Waals surface area (Å²) >= 11 is 1.22. The molecule has 1 saturated heterocycles. The van der Waals surface area contributed by atoms with E-state index < -0.39 is 0 Å². The fourth-order valence-corrected chi connectivity index (χ4v) is 3.58. The number of amides is 1. The highest BCUT2D eigenvalue weighted by molar-refractivity contribution is 8.14. The summed E-state index contributed by atoms with van der Waals surface area (Å²) in [5.41, 5.74) is 0.789. The number of rotatable bonds is 6. The highest BCUT2D eigenvalue weighted by Crippen LogP contribution is 2.36. The van der Waals surface area contributed by atoms with Crippen molar-refractivity contribution in [1.29, 1.82) is 0 Å². The fraction of sp³-hybridized carbons (Fsp3) is 0.500. The van der Waals surface area contributed by atoms with Crippen molar-refractivity contribution in [2.75, 3.05) is 27.9 Å².